The van der Waals surface area contributed by atoms with Gasteiger partial charge in [0.25, 0.3) is 0 Å². The van der Waals surface area contributed by atoms with Gasteiger partial charge >= 0.3 is 5.97 Å². The Labute approximate surface area is 117 Å². The average molecular weight is 277 g/mol. The number of hydrogen-bond donors (Lipinski definition) is 2. The molecule has 2 aromatic rings. The molecule has 0 fully saturated rings. The molecule has 7 nitrogen and oxygen atoms in total. The Morgan fingerprint density at radius 2 is 2.15 bits per heavy atom. The van der Waals surface area contributed by atoms with Gasteiger partial charge in [0.15, 0.2) is 11.5 Å². The van der Waals surface area contributed by atoms with Gasteiger partial charge in [-0.1, -0.05) is 6.92 Å². The third-order valence-corrected chi connectivity index (χ3v) is 3.07. The van der Waals surface area contributed by atoms with E-state index in [2.05, 4.69) is 20.6 Å². The Hall–Kier alpha value is -2.18. The predicted molar refractivity (Wildman–Crippen MR) is 74.7 cm³/mol. The SMILES string of the molecule is CCc1nnc2ccc(NC(C)(C)CCC(=O)O)nn12. The second-order valence-corrected chi connectivity index (χ2v) is 5.36. The number of nitrogens with one attached hydrogen (secondary N) is 1. The summed E-state index contributed by atoms with van der Waals surface area (Å²) in [6, 6.07) is 3.67. The first-order chi connectivity index (χ1) is 9.41. The molecule has 0 saturated carbocycles. The summed E-state index contributed by atoms with van der Waals surface area (Å²) in [7, 11) is 0. The highest BCUT2D eigenvalue weighted by molar-refractivity contribution is 5.66. The van der Waals surface area contributed by atoms with Crippen LogP contribution in [0.15, 0.2) is 12.1 Å². The molecule has 0 radical (unpaired) electrons. The molecule has 0 aliphatic rings. The molecule has 0 bridgehead atoms. The van der Waals surface area contributed by atoms with E-state index in [-0.39, 0.29) is 12.0 Å². The molecule has 2 rings (SSSR count). The Morgan fingerprint density at radius 1 is 1.40 bits per heavy atom. The second-order valence-electron chi connectivity index (χ2n) is 5.36. The van der Waals surface area contributed by atoms with Crippen LogP contribution in [0.2, 0.25) is 0 Å². The third-order valence-electron chi connectivity index (χ3n) is 3.07. The predicted octanol–water partition coefficient (Wildman–Crippen LogP) is 1.74. The lowest BCUT2D eigenvalue weighted by Gasteiger charge is -2.26. The maximum Gasteiger partial charge on any atom is 0.303 e. The van der Waals surface area contributed by atoms with Crippen molar-refractivity contribution in [3.8, 4) is 0 Å². The molecule has 0 atom stereocenters. The van der Waals surface area contributed by atoms with Crippen LogP contribution in [0.25, 0.3) is 5.65 Å². The van der Waals surface area contributed by atoms with Crippen LogP contribution in [0.4, 0.5) is 5.82 Å². The topological polar surface area (TPSA) is 92.4 Å². The van der Waals surface area contributed by atoms with Gasteiger partial charge in [0, 0.05) is 18.4 Å². The molecule has 2 N–H and O–H groups in total. The van der Waals surface area contributed by atoms with Gasteiger partial charge < -0.3 is 10.4 Å². The maximum absolute atomic E-state index is 10.7. The zero-order valence-corrected chi connectivity index (χ0v) is 11.9. The summed E-state index contributed by atoms with van der Waals surface area (Å²) in [4.78, 5) is 10.7. The average Bonchev–Trinajstić information content (AvgIpc) is 2.78. The first-order valence-corrected chi connectivity index (χ1v) is 6.62. The molecule has 7 heteroatoms. The van der Waals surface area contributed by atoms with Gasteiger partial charge in [-0.3, -0.25) is 4.79 Å². The first kappa shape index (κ1) is 14.2. The Morgan fingerprint density at radius 3 is 2.80 bits per heavy atom. The van der Waals surface area contributed by atoms with Crippen molar-refractivity contribution < 1.29 is 9.90 Å². The highest BCUT2D eigenvalue weighted by atomic mass is 16.4. The number of hydrogen-bond acceptors (Lipinski definition) is 5. The highest BCUT2D eigenvalue weighted by Crippen LogP contribution is 2.18. The van der Waals surface area contributed by atoms with Gasteiger partial charge in [0.1, 0.15) is 5.82 Å². The number of carboxylic acid groups (broad SMARTS) is 1. The molecule has 0 amide bonds. The molecule has 0 saturated heterocycles. The van der Waals surface area contributed by atoms with Crippen LogP contribution in [0.3, 0.4) is 0 Å². The minimum absolute atomic E-state index is 0.120. The Balaban J connectivity index is 2.18. The van der Waals surface area contributed by atoms with Crippen molar-refractivity contribution >= 4 is 17.4 Å². The van der Waals surface area contributed by atoms with E-state index in [4.69, 9.17) is 5.11 Å². The first-order valence-electron chi connectivity index (χ1n) is 6.62. The lowest BCUT2D eigenvalue weighted by Crippen LogP contribution is -2.32. The van der Waals surface area contributed by atoms with Gasteiger partial charge in [0.2, 0.25) is 0 Å². The molecule has 2 heterocycles. The number of aryl methyl sites for hydroxylation is 1. The van der Waals surface area contributed by atoms with E-state index < -0.39 is 5.97 Å². The van der Waals surface area contributed by atoms with E-state index in [1.54, 1.807) is 4.52 Å². The maximum atomic E-state index is 10.7. The number of aromatic nitrogens is 4. The standard InChI is InChI=1S/C13H19N5O2/c1-4-10-15-16-11-6-5-9(17-18(10)11)14-13(2,3)8-7-12(19)20/h5-6H,4,7-8H2,1-3H3,(H,14,17)(H,19,20). The largest absolute Gasteiger partial charge is 0.481 e. The number of carboxylic acids is 1. The summed E-state index contributed by atoms with van der Waals surface area (Å²) in [5.74, 6) is 0.685. The van der Waals surface area contributed by atoms with Crippen LogP contribution < -0.4 is 5.32 Å². The van der Waals surface area contributed by atoms with E-state index in [0.717, 1.165) is 12.2 Å². The third kappa shape index (κ3) is 3.23. The van der Waals surface area contributed by atoms with Crippen LogP contribution in [-0.4, -0.2) is 36.4 Å². The van der Waals surface area contributed by atoms with Gasteiger partial charge in [-0.25, -0.2) is 0 Å². The van der Waals surface area contributed by atoms with Crippen molar-refractivity contribution in [2.75, 3.05) is 5.32 Å². The molecular formula is C13H19N5O2. The van der Waals surface area contributed by atoms with Crippen LogP contribution in [0, 0.1) is 0 Å². The number of aliphatic carboxylic acids is 1. The van der Waals surface area contributed by atoms with Gasteiger partial charge in [-0.05, 0) is 32.4 Å². The monoisotopic (exact) mass is 277 g/mol. The minimum Gasteiger partial charge on any atom is -0.481 e. The number of rotatable bonds is 6. The normalized spacial score (nSPS) is 11.8. The zero-order chi connectivity index (χ0) is 14.8. The smallest absolute Gasteiger partial charge is 0.303 e. The quantitative estimate of drug-likeness (QED) is 0.835. The molecule has 0 spiro atoms. The molecule has 108 valence electrons. The lowest BCUT2D eigenvalue weighted by atomic mass is 9.98. The summed E-state index contributed by atoms with van der Waals surface area (Å²) >= 11 is 0. The van der Waals surface area contributed by atoms with Crippen molar-refractivity contribution in [1.29, 1.82) is 0 Å². The van der Waals surface area contributed by atoms with Gasteiger partial charge in [-0.2, -0.15) is 4.52 Å². The zero-order valence-electron chi connectivity index (χ0n) is 11.9. The lowest BCUT2D eigenvalue weighted by molar-refractivity contribution is -0.137. The molecule has 0 aromatic carbocycles. The molecule has 2 aromatic heterocycles. The van der Waals surface area contributed by atoms with Gasteiger partial charge in [0.05, 0.1) is 0 Å². The summed E-state index contributed by atoms with van der Waals surface area (Å²) in [6.07, 6.45) is 1.39. The number of carbonyl (C=O) groups is 1. The van der Waals surface area contributed by atoms with Crippen molar-refractivity contribution in [2.24, 2.45) is 0 Å². The highest BCUT2D eigenvalue weighted by Gasteiger charge is 2.20. The number of nitrogens with zero attached hydrogens (tertiary/aromatic N) is 4. The van der Waals surface area contributed by atoms with Crippen LogP contribution in [0.5, 0.6) is 0 Å². The number of fused-ring (bicyclic) bond motifs is 1. The van der Waals surface area contributed by atoms with E-state index >= 15 is 0 Å². The fourth-order valence-electron chi connectivity index (χ4n) is 1.95. The molecule has 0 unspecified atom stereocenters. The minimum atomic E-state index is -0.796. The fourth-order valence-corrected chi connectivity index (χ4v) is 1.95. The van der Waals surface area contributed by atoms with E-state index in [1.807, 2.05) is 32.9 Å². The van der Waals surface area contributed by atoms with Crippen molar-refractivity contribution in [3.05, 3.63) is 18.0 Å². The molecule has 0 aliphatic carbocycles. The summed E-state index contributed by atoms with van der Waals surface area (Å²) in [5.41, 5.74) is 0.357. The van der Waals surface area contributed by atoms with Gasteiger partial charge in [-0.15, -0.1) is 15.3 Å². The van der Waals surface area contributed by atoms with Crippen LogP contribution >= 0.6 is 0 Å². The molecule has 20 heavy (non-hydrogen) atoms. The van der Waals surface area contributed by atoms with Crippen molar-refractivity contribution in [2.45, 2.75) is 45.6 Å². The van der Waals surface area contributed by atoms with E-state index in [1.165, 1.54) is 0 Å². The number of anilines is 1. The molecular weight excluding hydrogens is 258 g/mol. The summed E-state index contributed by atoms with van der Waals surface area (Å²) in [5, 5.41) is 24.6. The summed E-state index contributed by atoms with van der Waals surface area (Å²) < 4.78 is 1.70. The van der Waals surface area contributed by atoms with Crippen LogP contribution in [0.1, 0.15) is 39.4 Å². The fraction of sp³-hybridized carbons (Fsp3) is 0.538. The van der Waals surface area contributed by atoms with E-state index in [0.29, 0.717) is 17.9 Å². The molecule has 0 aliphatic heterocycles. The van der Waals surface area contributed by atoms with Crippen molar-refractivity contribution in [1.82, 2.24) is 19.8 Å². The Kier molecular flexibility index (Phi) is 3.87. The second kappa shape index (κ2) is 5.44. The summed E-state index contributed by atoms with van der Waals surface area (Å²) in [6.45, 7) is 5.90. The van der Waals surface area contributed by atoms with Crippen LogP contribution in [-0.2, 0) is 11.2 Å². The Bertz CT molecular complexity index is 620. The van der Waals surface area contributed by atoms with E-state index in [9.17, 15) is 4.79 Å². The van der Waals surface area contributed by atoms with Crippen molar-refractivity contribution in [3.63, 3.8) is 0 Å².